The first-order chi connectivity index (χ1) is 15.3. The predicted octanol–water partition coefficient (Wildman–Crippen LogP) is 4.43. The van der Waals surface area contributed by atoms with E-state index in [-0.39, 0.29) is 17.9 Å². The maximum atomic E-state index is 13.3. The molecular weight excluding hydrogens is 426 g/mol. The molecule has 2 amide bonds. The second-order valence-corrected chi connectivity index (χ2v) is 9.12. The highest BCUT2D eigenvalue weighted by molar-refractivity contribution is 7.21. The molecule has 0 spiro atoms. The Morgan fingerprint density at radius 2 is 1.84 bits per heavy atom. The summed E-state index contributed by atoms with van der Waals surface area (Å²) < 4.78 is 11.0. The van der Waals surface area contributed by atoms with E-state index in [1.54, 1.807) is 29.2 Å². The van der Waals surface area contributed by atoms with Gasteiger partial charge in [0.1, 0.15) is 15.5 Å². The van der Waals surface area contributed by atoms with Gasteiger partial charge in [-0.2, -0.15) is 0 Å². The summed E-state index contributed by atoms with van der Waals surface area (Å²) in [7, 11) is 0. The van der Waals surface area contributed by atoms with Crippen LogP contribution in [0.2, 0.25) is 0 Å². The zero-order chi connectivity index (χ0) is 22.8. The van der Waals surface area contributed by atoms with Gasteiger partial charge >= 0.3 is 0 Å². The summed E-state index contributed by atoms with van der Waals surface area (Å²) in [6.07, 6.45) is 0.0551. The van der Waals surface area contributed by atoms with Gasteiger partial charge in [0.05, 0.1) is 25.0 Å². The normalized spacial score (nSPS) is 14.1. The van der Waals surface area contributed by atoms with Crippen LogP contribution in [0.3, 0.4) is 0 Å². The van der Waals surface area contributed by atoms with Crippen molar-refractivity contribution in [1.29, 1.82) is 0 Å². The van der Waals surface area contributed by atoms with E-state index in [1.807, 2.05) is 33.8 Å². The van der Waals surface area contributed by atoms with Crippen LogP contribution in [0, 0.1) is 13.8 Å². The van der Waals surface area contributed by atoms with Gasteiger partial charge in [-0.05, 0) is 63.6 Å². The maximum absolute atomic E-state index is 13.3. The SMILES string of the molecule is Cc1cc(C)c2c(NC(=O)c3ccc(OC(C)C)cc3)c(C(=O)N3CCOCC3)sc2n1. The number of hydrogen-bond donors (Lipinski definition) is 1. The third-order valence-corrected chi connectivity index (χ3v) is 6.28. The van der Waals surface area contributed by atoms with E-state index in [4.69, 9.17) is 9.47 Å². The number of amides is 2. The van der Waals surface area contributed by atoms with Crippen molar-refractivity contribution in [2.45, 2.75) is 33.8 Å². The molecule has 1 aliphatic heterocycles. The average molecular weight is 454 g/mol. The van der Waals surface area contributed by atoms with Crippen LogP contribution in [0.4, 0.5) is 5.69 Å². The lowest BCUT2D eigenvalue weighted by Crippen LogP contribution is -2.40. The molecular formula is C24H27N3O4S. The quantitative estimate of drug-likeness (QED) is 0.618. The van der Waals surface area contributed by atoms with E-state index in [2.05, 4.69) is 10.3 Å². The van der Waals surface area contributed by atoms with Crippen LogP contribution in [-0.2, 0) is 4.74 Å². The Bertz CT molecular complexity index is 1150. The summed E-state index contributed by atoms with van der Waals surface area (Å²) in [4.78, 5) is 34.1. The van der Waals surface area contributed by atoms with E-state index >= 15 is 0 Å². The van der Waals surface area contributed by atoms with Gasteiger partial charge in [-0.1, -0.05) is 0 Å². The lowest BCUT2D eigenvalue weighted by Gasteiger charge is -2.26. The van der Waals surface area contributed by atoms with Gasteiger partial charge in [-0.3, -0.25) is 9.59 Å². The highest BCUT2D eigenvalue weighted by Gasteiger charge is 2.27. The highest BCUT2D eigenvalue weighted by Crippen LogP contribution is 2.38. The second-order valence-electron chi connectivity index (χ2n) is 8.12. The van der Waals surface area contributed by atoms with E-state index in [0.717, 1.165) is 21.5 Å². The molecule has 1 aromatic carbocycles. The van der Waals surface area contributed by atoms with Crippen LogP contribution in [0.25, 0.3) is 10.2 Å². The summed E-state index contributed by atoms with van der Waals surface area (Å²) in [5.74, 6) is 0.317. The van der Waals surface area contributed by atoms with Crippen LogP contribution in [-0.4, -0.2) is 54.1 Å². The summed E-state index contributed by atoms with van der Waals surface area (Å²) >= 11 is 1.32. The number of pyridine rings is 1. The van der Waals surface area contributed by atoms with Crippen LogP contribution in [0.5, 0.6) is 5.75 Å². The number of carbonyl (C=O) groups is 2. The molecule has 1 aliphatic rings. The molecule has 1 saturated heterocycles. The minimum Gasteiger partial charge on any atom is -0.491 e. The van der Waals surface area contributed by atoms with Crippen LogP contribution in [0.15, 0.2) is 30.3 Å². The summed E-state index contributed by atoms with van der Waals surface area (Å²) in [5, 5.41) is 3.81. The van der Waals surface area contributed by atoms with Gasteiger partial charge in [0.25, 0.3) is 11.8 Å². The van der Waals surface area contributed by atoms with Crippen LogP contribution >= 0.6 is 11.3 Å². The Morgan fingerprint density at radius 3 is 2.50 bits per heavy atom. The van der Waals surface area contributed by atoms with E-state index in [0.29, 0.717) is 48.2 Å². The Labute approximate surface area is 191 Å². The number of ether oxygens (including phenoxy) is 2. The number of carbonyl (C=O) groups excluding carboxylic acids is 2. The smallest absolute Gasteiger partial charge is 0.266 e. The number of hydrogen-bond acceptors (Lipinski definition) is 6. The number of anilines is 1. The van der Waals surface area contributed by atoms with Crippen molar-refractivity contribution < 1.29 is 19.1 Å². The Balaban J connectivity index is 1.69. The zero-order valence-corrected chi connectivity index (χ0v) is 19.5. The molecule has 4 rings (SSSR count). The number of nitrogens with one attached hydrogen (secondary N) is 1. The van der Waals surface area contributed by atoms with Crippen molar-refractivity contribution >= 4 is 39.1 Å². The second kappa shape index (κ2) is 9.26. The van der Waals surface area contributed by atoms with Crippen LogP contribution in [0.1, 0.15) is 45.1 Å². The number of morpholine rings is 1. The first-order valence-corrected chi connectivity index (χ1v) is 11.5. The minimum atomic E-state index is -0.281. The molecule has 32 heavy (non-hydrogen) atoms. The number of nitrogens with zero attached hydrogens (tertiary/aromatic N) is 2. The number of fused-ring (bicyclic) bond motifs is 1. The molecule has 2 aromatic heterocycles. The number of benzene rings is 1. The first-order valence-electron chi connectivity index (χ1n) is 10.7. The fourth-order valence-electron chi connectivity index (χ4n) is 3.76. The lowest BCUT2D eigenvalue weighted by molar-refractivity contribution is 0.0307. The molecule has 8 heteroatoms. The highest BCUT2D eigenvalue weighted by atomic mass is 32.1. The molecule has 0 radical (unpaired) electrons. The largest absolute Gasteiger partial charge is 0.491 e. The summed E-state index contributed by atoms with van der Waals surface area (Å²) in [6, 6.07) is 8.96. The van der Waals surface area contributed by atoms with Crippen molar-refractivity contribution in [3.63, 3.8) is 0 Å². The molecule has 168 valence electrons. The first kappa shape index (κ1) is 22.2. The van der Waals surface area contributed by atoms with Gasteiger partial charge in [0.15, 0.2) is 0 Å². The standard InChI is InChI=1S/C24H27N3O4S/c1-14(2)31-18-7-5-17(6-8-18)22(28)26-20-19-15(3)13-16(4)25-23(19)32-21(20)24(29)27-9-11-30-12-10-27/h5-8,13-14H,9-12H2,1-4H3,(H,26,28). The maximum Gasteiger partial charge on any atom is 0.266 e. The molecule has 3 aromatic rings. The van der Waals surface area contributed by atoms with Crippen LogP contribution < -0.4 is 10.1 Å². The predicted molar refractivity (Wildman–Crippen MR) is 126 cm³/mol. The van der Waals surface area contributed by atoms with Crippen molar-refractivity contribution in [1.82, 2.24) is 9.88 Å². The number of aromatic nitrogens is 1. The summed E-state index contributed by atoms with van der Waals surface area (Å²) in [5.41, 5.74) is 2.86. The van der Waals surface area contributed by atoms with Gasteiger partial charge in [0.2, 0.25) is 0 Å². The molecule has 0 unspecified atom stereocenters. The number of rotatable bonds is 5. The Morgan fingerprint density at radius 1 is 1.16 bits per heavy atom. The van der Waals surface area contributed by atoms with E-state index < -0.39 is 0 Å². The van der Waals surface area contributed by atoms with Crippen molar-refractivity contribution in [3.8, 4) is 5.75 Å². The van der Waals surface area contributed by atoms with Crippen molar-refractivity contribution in [2.24, 2.45) is 0 Å². The van der Waals surface area contributed by atoms with E-state index in [1.165, 1.54) is 11.3 Å². The molecule has 0 aliphatic carbocycles. The monoisotopic (exact) mass is 453 g/mol. The molecule has 7 nitrogen and oxygen atoms in total. The van der Waals surface area contributed by atoms with E-state index in [9.17, 15) is 9.59 Å². The Kier molecular flexibility index (Phi) is 6.43. The molecule has 0 atom stereocenters. The fourth-order valence-corrected chi connectivity index (χ4v) is 4.98. The topological polar surface area (TPSA) is 80.8 Å². The molecule has 0 saturated carbocycles. The Hall–Kier alpha value is -2.97. The minimum absolute atomic E-state index is 0.0551. The summed E-state index contributed by atoms with van der Waals surface area (Å²) in [6.45, 7) is 9.89. The third kappa shape index (κ3) is 4.61. The zero-order valence-electron chi connectivity index (χ0n) is 18.7. The fraction of sp³-hybridized carbons (Fsp3) is 0.375. The van der Waals surface area contributed by atoms with Gasteiger partial charge < -0.3 is 19.7 Å². The molecule has 1 N–H and O–H groups in total. The van der Waals surface area contributed by atoms with Crippen molar-refractivity contribution in [3.05, 3.63) is 52.0 Å². The van der Waals surface area contributed by atoms with Gasteiger partial charge in [-0.15, -0.1) is 11.3 Å². The van der Waals surface area contributed by atoms with Gasteiger partial charge in [-0.25, -0.2) is 4.98 Å². The molecule has 3 heterocycles. The molecule has 1 fully saturated rings. The van der Waals surface area contributed by atoms with Crippen molar-refractivity contribution in [2.75, 3.05) is 31.6 Å². The third-order valence-electron chi connectivity index (χ3n) is 5.21. The average Bonchev–Trinajstić information content (AvgIpc) is 3.12. The molecule has 0 bridgehead atoms. The lowest BCUT2D eigenvalue weighted by atomic mass is 10.1. The number of thiophene rings is 1. The number of aryl methyl sites for hydroxylation is 2. The van der Waals surface area contributed by atoms with Gasteiger partial charge in [0, 0.05) is 29.7 Å².